The fourth-order valence-corrected chi connectivity index (χ4v) is 0.937. The zero-order valence-electron chi connectivity index (χ0n) is 6.84. The number of benzene rings is 1. The summed E-state index contributed by atoms with van der Waals surface area (Å²) in [5, 5.41) is 0. The first-order valence-electron chi connectivity index (χ1n) is 3.67. The molecule has 0 aliphatic heterocycles. The summed E-state index contributed by atoms with van der Waals surface area (Å²) in [4.78, 5) is 0. The van der Waals surface area contributed by atoms with Gasteiger partial charge in [0, 0.05) is 6.04 Å². The summed E-state index contributed by atoms with van der Waals surface area (Å²) in [7, 11) is 0. The van der Waals surface area contributed by atoms with E-state index in [1.54, 1.807) is 12.1 Å². The molecule has 0 saturated heterocycles. The molecule has 0 heterocycles. The summed E-state index contributed by atoms with van der Waals surface area (Å²) in [6, 6.07) is 4.46. The molecule has 0 aromatic heterocycles. The predicted molar refractivity (Wildman–Crippen MR) is 46.9 cm³/mol. The molecule has 1 unspecified atom stereocenters. The zero-order valence-corrected chi connectivity index (χ0v) is 6.84. The first-order valence-corrected chi connectivity index (χ1v) is 3.67. The number of hydrogen-bond donors (Lipinski definition) is 1. The monoisotopic (exact) mass is 163 g/mol. The molecule has 1 rings (SSSR count). The second-order valence-corrected chi connectivity index (χ2v) is 2.67. The fraction of sp³-hybridized carbons (Fsp3) is 0.200. The SMILES string of the molecule is C#Cc1cc(C(C)N)ccc1F. The highest BCUT2D eigenvalue weighted by molar-refractivity contribution is 5.37. The van der Waals surface area contributed by atoms with Gasteiger partial charge in [-0.1, -0.05) is 12.0 Å². The molecule has 12 heavy (non-hydrogen) atoms. The van der Waals surface area contributed by atoms with Gasteiger partial charge in [-0.3, -0.25) is 0 Å². The van der Waals surface area contributed by atoms with Gasteiger partial charge in [0.25, 0.3) is 0 Å². The van der Waals surface area contributed by atoms with Crippen molar-refractivity contribution in [1.82, 2.24) is 0 Å². The number of hydrogen-bond acceptors (Lipinski definition) is 1. The maximum absolute atomic E-state index is 12.9. The van der Waals surface area contributed by atoms with Crippen molar-refractivity contribution in [3.63, 3.8) is 0 Å². The van der Waals surface area contributed by atoms with Crippen molar-refractivity contribution in [3.8, 4) is 12.3 Å². The van der Waals surface area contributed by atoms with E-state index in [0.717, 1.165) is 5.56 Å². The van der Waals surface area contributed by atoms with Crippen LogP contribution in [0.2, 0.25) is 0 Å². The van der Waals surface area contributed by atoms with Crippen LogP contribution in [-0.2, 0) is 0 Å². The molecule has 0 aliphatic rings. The van der Waals surface area contributed by atoms with Crippen molar-refractivity contribution in [2.75, 3.05) is 0 Å². The lowest BCUT2D eigenvalue weighted by Crippen LogP contribution is -2.05. The van der Waals surface area contributed by atoms with Crippen molar-refractivity contribution in [2.24, 2.45) is 5.73 Å². The molecule has 0 radical (unpaired) electrons. The van der Waals surface area contributed by atoms with Gasteiger partial charge in [0.1, 0.15) is 5.82 Å². The van der Waals surface area contributed by atoms with Crippen LogP contribution >= 0.6 is 0 Å². The molecule has 0 saturated carbocycles. The van der Waals surface area contributed by atoms with Crippen molar-refractivity contribution in [1.29, 1.82) is 0 Å². The van der Waals surface area contributed by atoms with Crippen molar-refractivity contribution < 1.29 is 4.39 Å². The van der Waals surface area contributed by atoms with E-state index in [0.29, 0.717) is 0 Å². The first-order chi connectivity index (χ1) is 5.65. The summed E-state index contributed by atoms with van der Waals surface area (Å²) in [5.74, 6) is 1.89. The van der Waals surface area contributed by atoms with E-state index in [4.69, 9.17) is 12.2 Å². The smallest absolute Gasteiger partial charge is 0.138 e. The normalized spacial score (nSPS) is 12.2. The highest BCUT2D eigenvalue weighted by atomic mass is 19.1. The molecule has 2 heteroatoms. The molecule has 0 spiro atoms. The second kappa shape index (κ2) is 3.38. The first kappa shape index (κ1) is 8.76. The summed E-state index contributed by atoms with van der Waals surface area (Å²) in [5.41, 5.74) is 6.72. The van der Waals surface area contributed by atoms with Crippen molar-refractivity contribution >= 4 is 0 Å². The van der Waals surface area contributed by atoms with Crippen LogP contribution in [0.4, 0.5) is 4.39 Å². The maximum Gasteiger partial charge on any atom is 0.138 e. The third kappa shape index (κ3) is 1.63. The quantitative estimate of drug-likeness (QED) is 0.628. The number of nitrogens with two attached hydrogens (primary N) is 1. The van der Waals surface area contributed by atoms with Crippen LogP contribution in [0.5, 0.6) is 0 Å². The Balaban J connectivity index is 3.16. The highest BCUT2D eigenvalue weighted by Gasteiger charge is 2.03. The third-order valence-electron chi connectivity index (χ3n) is 1.67. The summed E-state index contributed by atoms with van der Waals surface area (Å²) in [6.07, 6.45) is 5.09. The summed E-state index contributed by atoms with van der Waals surface area (Å²) >= 11 is 0. The average molecular weight is 163 g/mol. The van der Waals surface area contributed by atoms with E-state index in [2.05, 4.69) is 5.92 Å². The van der Waals surface area contributed by atoms with Crippen molar-refractivity contribution in [2.45, 2.75) is 13.0 Å². The van der Waals surface area contributed by atoms with Crippen LogP contribution in [0.3, 0.4) is 0 Å². The standard InChI is InChI=1S/C10H10FN/c1-3-8-6-9(7(2)12)4-5-10(8)11/h1,4-7H,12H2,2H3. The lowest BCUT2D eigenvalue weighted by molar-refractivity contribution is 0.622. The average Bonchev–Trinajstić information content (AvgIpc) is 2.05. The number of rotatable bonds is 1. The third-order valence-corrected chi connectivity index (χ3v) is 1.67. The van der Waals surface area contributed by atoms with Crippen LogP contribution in [-0.4, -0.2) is 0 Å². The van der Waals surface area contributed by atoms with Crippen molar-refractivity contribution in [3.05, 3.63) is 35.1 Å². The molecule has 0 aliphatic carbocycles. The van der Waals surface area contributed by atoms with Crippen LogP contribution in [0.1, 0.15) is 24.1 Å². The predicted octanol–water partition coefficient (Wildman–Crippen LogP) is 1.83. The van der Waals surface area contributed by atoms with Gasteiger partial charge < -0.3 is 5.73 Å². The van der Waals surface area contributed by atoms with Crippen LogP contribution < -0.4 is 5.73 Å². The van der Waals surface area contributed by atoms with E-state index in [1.807, 2.05) is 6.92 Å². The van der Waals surface area contributed by atoms with Gasteiger partial charge in [-0.2, -0.15) is 0 Å². The van der Waals surface area contributed by atoms with E-state index >= 15 is 0 Å². The van der Waals surface area contributed by atoms with E-state index in [-0.39, 0.29) is 17.4 Å². The highest BCUT2D eigenvalue weighted by Crippen LogP contribution is 2.14. The Morgan fingerprint density at radius 3 is 2.75 bits per heavy atom. The minimum atomic E-state index is -0.373. The Morgan fingerprint density at radius 2 is 2.25 bits per heavy atom. The molecule has 0 amide bonds. The molecule has 2 N–H and O–H groups in total. The molecule has 0 bridgehead atoms. The Bertz CT molecular complexity index is 323. The van der Waals surface area contributed by atoms with E-state index < -0.39 is 0 Å². The number of terminal acetylenes is 1. The Hall–Kier alpha value is -1.33. The maximum atomic E-state index is 12.9. The van der Waals surface area contributed by atoms with E-state index in [1.165, 1.54) is 6.07 Å². The zero-order chi connectivity index (χ0) is 9.14. The lowest BCUT2D eigenvalue weighted by atomic mass is 10.1. The lowest BCUT2D eigenvalue weighted by Gasteiger charge is -2.05. The largest absolute Gasteiger partial charge is 0.324 e. The van der Waals surface area contributed by atoms with Gasteiger partial charge in [0.15, 0.2) is 0 Å². The van der Waals surface area contributed by atoms with Crippen LogP contribution in [0.25, 0.3) is 0 Å². The Morgan fingerprint density at radius 1 is 1.58 bits per heavy atom. The molecule has 1 nitrogen and oxygen atoms in total. The topological polar surface area (TPSA) is 26.0 Å². The molecular weight excluding hydrogens is 153 g/mol. The number of halogens is 1. The van der Waals surface area contributed by atoms with Gasteiger partial charge in [0.2, 0.25) is 0 Å². The van der Waals surface area contributed by atoms with Crippen LogP contribution in [0, 0.1) is 18.2 Å². The second-order valence-electron chi connectivity index (χ2n) is 2.67. The van der Waals surface area contributed by atoms with Gasteiger partial charge in [-0.25, -0.2) is 4.39 Å². The molecular formula is C10H10FN. The molecule has 1 aromatic carbocycles. The summed E-state index contributed by atoms with van der Waals surface area (Å²) in [6.45, 7) is 1.83. The fourth-order valence-electron chi connectivity index (χ4n) is 0.937. The molecule has 1 atom stereocenters. The minimum absolute atomic E-state index is 0.113. The summed E-state index contributed by atoms with van der Waals surface area (Å²) < 4.78 is 12.9. The van der Waals surface area contributed by atoms with Gasteiger partial charge in [-0.05, 0) is 24.6 Å². The van der Waals surface area contributed by atoms with Gasteiger partial charge in [0.05, 0.1) is 5.56 Å². The Kier molecular flexibility index (Phi) is 2.47. The molecule has 62 valence electrons. The van der Waals surface area contributed by atoms with Gasteiger partial charge >= 0.3 is 0 Å². The Labute approximate surface area is 71.4 Å². The molecule has 1 aromatic rings. The van der Waals surface area contributed by atoms with E-state index in [9.17, 15) is 4.39 Å². The van der Waals surface area contributed by atoms with Crippen LogP contribution in [0.15, 0.2) is 18.2 Å². The molecule has 0 fully saturated rings. The minimum Gasteiger partial charge on any atom is -0.324 e. The van der Waals surface area contributed by atoms with Gasteiger partial charge in [-0.15, -0.1) is 6.42 Å².